The molecule has 0 unspecified atom stereocenters. The molecule has 0 radical (unpaired) electrons. The van der Waals surface area contributed by atoms with Crippen molar-refractivity contribution in [3.63, 3.8) is 0 Å². The Labute approximate surface area is 190 Å². The molecule has 166 valence electrons. The molecule has 32 heavy (non-hydrogen) atoms. The molecule has 1 aromatic carbocycles. The highest BCUT2D eigenvalue weighted by Crippen LogP contribution is 2.28. The summed E-state index contributed by atoms with van der Waals surface area (Å²) in [6.45, 7) is 22.1. The van der Waals surface area contributed by atoms with E-state index < -0.39 is 0 Å². The van der Waals surface area contributed by atoms with E-state index in [1.165, 1.54) is 0 Å². The first-order chi connectivity index (χ1) is 15.6. The topological polar surface area (TPSA) is 92.5 Å². The molecule has 6 nitrogen and oxygen atoms in total. The second-order valence-corrected chi connectivity index (χ2v) is 6.13. The van der Waals surface area contributed by atoms with Crippen LogP contribution in [0.2, 0.25) is 0 Å². The molecule has 0 aliphatic rings. The Balaban J connectivity index is 0.000000789. The van der Waals surface area contributed by atoms with E-state index in [2.05, 4.69) is 64.4 Å². The lowest BCUT2D eigenvalue weighted by atomic mass is 10.0. The van der Waals surface area contributed by atoms with Crippen LogP contribution in [-0.4, -0.2) is 20.2 Å². The summed E-state index contributed by atoms with van der Waals surface area (Å²) >= 11 is 0. The van der Waals surface area contributed by atoms with Gasteiger partial charge in [-0.2, -0.15) is 5.10 Å². The summed E-state index contributed by atoms with van der Waals surface area (Å²) in [6, 6.07) is 11.9. The molecule has 0 saturated carbocycles. The normalized spacial score (nSPS) is 9.22. The number of hydrogen-bond donors (Lipinski definition) is 3. The molecule has 0 amide bonds. The Bertz CT molecular complexity index is 1130. The summed E-state index contributed by atoms with van der Waals surface area (Å²) in [5, 5.41) is 11.7. The Morgan fingerprint density at radius 3 is 2.28 bits per heavy atom. The van der Waals surface area contributed by atoms with Crippen molar-refractivity contribution in [3.8, 4) is 11.1 Å². The molecule has 0 fully saturated rings. The fraction of sp³-hybridized carbons (Fsp3) is 0.115. The monoisotopic (exact) mass is 428 g/mol. The largest absolute Gasteiger partial charge is 0.397 e. The second kappa shape index (κ2) is 13.2. The van der Waals surface area contributed by atoms with Gasteiger partial charge in [-0.05, 0) is 42.8 Å². The summed E-state index contributed by atoms with van der Waals surface area (Å²) in [7, 11) is 0. The predicted molar refractivity (Wildman–Crippen MR) is 139 cm³/mol. The molecule has 0 aliphatic carbocycles. The standard InChI is InChI=1S/C20H18N6.C2H6.2C2H4/c1-12-3-5-17(11-23-12)24-13(2)20-18-8-14(4-6-19(18)25-26-20)15-7-16(21)10-22-9-15;3*1-2/h3-11,24H,2,21H2,1H3,(H,25,26);1-2H3;2*1-2H2. The summed E-state index contributed by atoms with van der Waals surface area (Å²) in [5.41, 5.74) is 12.7. The Morgan fingerprint density at radius 2 is 1.66 bits per heavy atom. The number of aromatic amines is 1. The van der Waals surface area contributed by atoms with Crippen LogP contribution >= 0.6 is 0 Å². The van der Waals surface area contributed by atoms with Crippen LogP contribution in [0.5, 0.6) is 0 Å². The first-order valence-corrected chi connectivity index (χ1v) is 10.2. The van der Waals surface area contributed by atoms with Gasteiger partial charge in [-0.15, -0.1) is 26.3 Å². The van der Waals surface area contributed by atoms with Crippen LogP contribution in [0.4, 0.5) is 11.4 Å². The van der Waals surface area contributed by atoms with Crippen LogP contribution in [0, 0.1) is 6.92 Å². The maximum Gasteiger partial charge on any atom is 0.116 e. The molecule has 4 rings (SSSR count). The van der Waals surface area contributed by atoms with Crippen LogP contribution < -0.4 is 11.1 Å². The maximum absolute atomic E-state index is 5.85. The van der Waals surface area contributed by atoms with Gasteiger partial charge in [-0.3, -0.25) is 15.1 Å². The summed E-state index contributed by atoms with van der Waals surface area (Å²) < 4.78 is 0. The molecule has 6 heteroatoms. The van der Waals surface area contributed by atoms with Gasteiger partial charge in [0.25, 0.3) is 0 Å². The fourth-order valence-electron chi connectivity index (χ4n) is 2.81. The van der Waals surface area contributed by atoms with E-state index >= 15 is 0 Å². The van der Waals surface area contributed by atoms with E-state index in [4.69, 9.17) is 5.73 Å². The summed E-state index contributed by atoms with van der Waals surface area (Å²) in [5.74, 6) is 0. The zero-order valence-electron chi connectivity index (χ0n) is 19.2. The number of pyridine rings is 2. The van der Waals surface area contributed by atoms with E-state index in [-0.39, 0.29) is 0 Å². The predicted octanol–water partition coefficient (Wildman–Crippen LogP) is 6.62. The lowest BCUT2D eigenvalue weighted by molar-refractivity contribution is 1.10. The van der Waals surface area contributed by atoms with Crippen LogP contribution in [0.25, 0.3) is 27.7 Å². The van der Waals surface area contributed by atoms with Gasteiger partial charge in [-0.25, -0.2) is 0 Å². The smallest absolute Gasteiger partial charge is 0.116 e. The van der Waals surface area contributed by atoms with Gasteiger partial charge in [0.1, 0.15) is 5.69 Å². The van der Waals surface area contributed by atoms with Gasteiger partial charge in [0.05, 0.1) is 28.8 Å². The molecule has 3 aromatic heterocycles. The highest BCUT2D eigenvalue weighted by atomic mass is 15.1. The number of nitrogens with one attached hydrogen (secondary N) is 2. The number of anilines is 2. The minimum atomic E-state index is 0.632. The van der Waals surface area contributed by atoms with Crippen molar-refractivity contribution in [1.29, 1.82) is 0 Å². The Morgan fingerprint density at radius 1 is 0.938 bits per heavy atom. The maximum atomic E-state index is 5.85. The first kappa shape index (κ1) is 25.8. The number of fused-ring (bicyclic) bond motifs is 1. The second-order valence-electron chi connectivity index (χ2n) is 6.13. The number of H-pyrrole nitrogens is 1. The Kier molecular flexibility index (Phi) is 10.6. The average Bonchev–Trinajstić information content (AvgIpc) is 3.28. The molecular weight excluding hydrogens is 396 g/mol. The van der Waals surface area contributed by atoms with E-state index in [9.17, 15) is 0 Å². The lowest BCUT2D eigenvalue weighted by Gasteiger charge is -2.08. The van der Waals surface area contributed by atoms with Gasteiger partial charge in [0, 0.05) is 29.0 Å². The SMILES string of the molecule is C=C.C=C.C=C(Nc1ccc(C)nc1)c1n[nH]c2ccc(-c3cncc(N)c3)cc12.CC. The third kappa shape index (κ3) is 6.40. The third-order valence-electron chi connectivity index (χ3n) is 4.15. The summed E-state index contributed by atoms with van der Waals surface area (Å²) in [6.07, 6.45) is 5.20. The third-order valence-corrected chi connectivity index (χ3v) is 4.15. The quantitative estimate of drug-likeness (QED) is 0.317. The summed E-state index contributed by atoms with van der Waals surface area (Å²) in [4.78, 5) is 8.45. The number of nitrogens with two attached hydrogens (primary N) is 1. The Hall–Kier alpha value is -4.19. The van der Waals surface area contributed by atoms with Crippen LogP contribution in [0.3, 0.4) is 0 Å². The van der Waals surface area contributed by atoms with Crippen LogP contribution in [0.15, 0.2) is 87.9 Å². The zero-order chi connectivity index (χ0) is 24.1. The van der Waals surface area contributed by atoms with Crippen molar-refractivity contribution in [2.75, 3.05) is 11.1 Å². The highest BCUT2D eigenvalue weighted by molar-refractivity contribution is 5.95. The van der Waals surface area contributed by atoms with E-state index in [1.807, 2.05) is 51.1 Å². The average molecular weight is 429 g/mol. The van der Waals surface area contributed by atoms with E-state index in [0.29, 0.717) is 11.4 Å². The molecule has 0 spiro atoms. The minimum Gasteiger partial charge on any atom is -0.397 e. The van der Waals surface area contributed by atoms with Gasteiger partial charge in [0.2, 0.25) is 0 Å². The first-order valence-electron chi connectivity index (χ1n) is 10.2. The van der Waals surface area contributed by atoms with Gasteiger partial charge < -0.3 is 11.1 Å². The number of aryl methyl sites for hydroxylation is 1. The van der Waals surface area contributed by atoms with Crippen LogP contribution in [-0.2, 0) is 0 Å². The van der Waals surface area contributed by atoms with Gasteiger partial charge >= 0.3 is 0 Å². The number of aromatic nitrogens is 4. The zero-order valence-corrected chi connectivity index (χ0v) is 19.2. The lowest BCUT2D eigenvalue weighted by Crippen LogP contribution is -1.99. The molecule has 4 N–H and O–H groups in total. The van der Waals surface area contributed by atoms with Crippen molar-refractivity contribution in [2.24, 2.45) is 0 Å². The molecule has 0 saturated heterocycles. The van der Waals surface area contributed by atoms with Gasteiger partial charge in [-0.1, -0.05) is 26.5 Å². The number of nitrogen functional groups attached to an aromatic ring is 1. The van der Waals surface area contributed by atoms with Crippen molar-refractivity contribution in [1.82, 2.24) is 20.2 Å². The van der Waals surface area contributed by atoms with Gasteiger partial charge in [0.15, 0.2) is 0 Å². The molecular formula is C26H32N6. The van der Waals surface area contributed by atoms with Crippen LogP contribution in [0.1, 0.15) is 25.2 Å². The molecule has 0 bridgehead atoms. The number of benzene rings is 1. The molecule has 0 aliphatic heterocycles. The number of hydrogen-bond acceptors (Lipinski definition) is 5. The number of rotatable bonds is 4. The van der Waals surface area contributed by atoms with Crippen molar-refractivity contribution in [3.05, 3.63) is 99.3 Å². The molecule has 3 heterocycles. The molecule has 4 aromatic rings. The van der Waals surface area contributed by atoms with Crippen molar-refractivity contribution >= 4 is 28.0 Å². The molecule has 0 atom stereocenters. The van der Waals surface area contributed by atoms with E-state index in [1.54, 1.807) is 18.6 Å². The number of nitrogens with zero attached hydrogens (tertiary/aromatic N) is 3. The minimum absolute atomic E-state index is 0.632. The van der Waals surface area contributed by atoms with Crippen molar-refractivity contribution in [2.45, 2.75) is 20.8 Å². The fourth-order valence-corrected chi connectivity index (χ4v) is 2.81. The van der Waals surface area contributed by atoms with E-state index in [0.717, 1.165) is 39.1 Å². The highest BCUT2D eigenvalue weighted by Gasteiger charge is 2.11. The van der Waals surface area contributed by atoms with Crippen molar-refractivity contribution < 1.29 is 0 Å².